The van der Waals surface area contributed by atoms with E-state index >= 15 is 0 Å². The van der Waals surface area contributed by atoms with Gasteiger partial charge in [0.05, 0.1) is 27.0 Å². The van der Waals surface area contributed by atoms with Crippen molar-refractivity contribution in [2.24, 2.45) is 0 Å². The second kappa shape index (κ2) is 11.6. The maximum absolute atomic E-state index is 13.4. The van der Waals surface area contributed by atoms with E-state index in [1.54, 1.807) is 28.2 Å². The monoisotopic (exact) mass is 544 g/mol. The molecule has 3 aromatic carbocycles. The van der Waals surface area contributed by atoms with E-state index in [1.807, 2.05) is 61.5 Å². The van der Waals surface area contributed by atoms with E-state index in [4.69, 9.17) is 11.6 Å². The predicted molar refractivity (Wildman–Crippen MR) is 148 cm³/mol. The normalized spacial score (nSPS) is 11.9. The van der Waals surface area contributed by atoms with Crippen LogP contribution in [0.1, 0.15) is 39.3 Å². The number of carbonyl (C=O) groups is 2. The first-order valence-electron chi connectivity index (χ1n) is 12.2. The SMILES string of the molecule is Cc1nc2ccc(C(=O)N[C@@H](Cc3ccccc3)C(=O)CCCc3cc(Cl)ccc3-n3cnnn3)cc2s1. The highest BCUT2D eigenvalue weighted by molar-refractivity contribution is 7.18. The fraction of sp³-hybridized carbons (Fsp3) is 0.214. The number of hydrogen-bond donors (Lipinski definition) is 1. The van der Waals surface area contributed by atoms with Crippen molar-refractivity contribution in [3.63, 3.8) is 0 Å². The van der Waals surface area contributed by atoms with Gasteiger partial charge in [0.2, 0.25) is 0 Å². The molecule has 0 saturated heterocycles. The number of benzene rings is 3. The van der Waals surface area contributed by atoms with Crippen molar-refractivity contribution in [2.45, 2.75) is 38.6 Å². The molecule has 10 heteroatoms. The number of hydrogen-bond acceptors (Lipinski definition) is 7. The number of amides is 1. The van der Waals surface area contributed by atoms with Crippen molar-refractivity contribution in [3.05, 3.63) is 99.8 Å². The van der Waals surface area contributed by atoms with Gasteiger partial charge in [-0.25, -0.2) is 9.67 Å². The van der Waals surface area contributed by atoms with E-state index in [-0.39, 0.29) is 11.7 Å². The van der Waals surface area contributed by atoms with Crippen LogP contribution in [0, 0.1) is 6.92 Å². The van der Waals surface area contributed by atoms with Crippen molar-refractivity contribution < 1.29 is 9.59 Å². The molecular weight excluding hydrogens is 520 g/mol. The van der Waals surface area contributed by atoms with Crippen LogP contribution >= 0.6 is 22.9 Å². The molecule has 1 N–H and O–H groups in total. The Hall–Kier alpha value is -3.95. The first-order chi connectivity index (χ1) is 18.5. The van der Waals surface area contributed by atoms with E-state index in [0.717, 1.165) is 32.0 Å². The Morgan fingerprint density at radius 1 is 1.08 bits per heavy atom. The zero-order chi connectivity index (χ0) is 26.5. The molecule has 8 nitrogen and oxygen atoms in total. The lowest BCUT2D eigenvalue weighted by atomic mass is 9.97. The molecular formula is C28H25ClN6O2S. The van der Waals surface area contributed by atoms with E-state index < -0.39 is 6.04 Å². The number of ketones is 1. The zero-order valence-electron chi connectivity index (χ0n) is 20.7. The zero-order valence-corrected chi connectivity index (χ0v) is 22.2. The summed E-state index contributed by atoms with van der Waals surface area (Å²) in [6.45, 7) is 1.94. The summed E-state index contributed by atoms with van der Waals surface area (Å²) < 4.78 is 2.52. The third-order valence-electron chi connectivity index (χ3n) is 6.24. The Labute approximate surface area is 228 Å². The Balaban J connectivity index is 1.30. The first kappa shape index (κ1) is 25.7. The minimum absolute atomic E-state index is 0.0251. The number of halogens is 1. The molecule has 0 bridgehead atoms. The van der Waals surface area contributed by atoms with Gasteiger partial charge in [0.1, 0.15) is 6.33 Å². The molecule has 0 saturated carbocycles. The molecule has 5 aromatic rings. The van der Waals surface area contributed by atoms with Crippen molar-refractivity contribution in [1.82, 2.24) is 30.5 Å². The molecule has 0 fully saturated rings. The third-order valence-corrected chi connectivity index (χ3v) is 7.41. The van der Waals surface area contributed by atoms with Gasteiger partial charge in [-0.1, -0.05) is 41.9 Å². The quantitative estimate of drug-likeness (QED) is 0.260. The summed E-state index contributed by atoms with van der Waals surface area (Å²) in [6.07, 6.45) is 3.43. The number of nitrogens with one attached hydrogen (secondary N) is 1. The van der Waals surface area contributed by atoms with Gasteiger partial charge in [0.15, 0.2) is 5.78 Å². The van der Waals surface area contributed by atoms with Crippen LogP contribution in [0.4, 0.5) is 0 Å². The van der Waals surface area contributed by atoms with Crippen LogP contribution in [-0.4, -0.2) is 42.9 Å². The largest absolute Gasteiger partial charge is 0.342 e. The van der Waals surface area contributed by atoms with E-state index in [2.05, 4.69) is 25.8 Å². The van der Waals surface area contributed by atoms with E-state index in [9.17, 15) is 9.59 Å². The summed E-state index contributed by atoms with van der Waals surface area (Å²) in [5, 5.41) is 15.9. The predicted octanol–water partition coefficient (Wildman–Crippen LogP) is 5.17. The minimum atomic E-state index is -0.651. The standard InChI is InChI=1S/C28H25ClN6O2S/c1-18-31-23-12-10-21(16-27(23)38-18)28(37)32-24(14-19-6-3-2-4-7-19)26(36)9-5-8-20-15-22(29)11-13-25(20)35-17-30-33-34-35/h2-4,6-7,10-13,15-17,24H,5,8-9,14H2,1H3,(H,32,37)/t24-/m0/s1. The smallest absolute Gasteiger partial charge is 0.251 e. The molecule has 1 atom stereocenters. The lowest BCUT2D eigenvalue weighted by Crippen LogP contribution is -2.42. The summed E-state index contributed by atoms with van der Waals surface area (Å²) in [7, 11) is 0. The molecule has 192 valence electrons. The third kappa shape index (κ3) is 6.12. The maximum atomic E-state index is 13.4. The number of thiazole rings is 1. The van der Waals surface area contributed by atoms with Gasteiger partial charge in [0, 0.05) is 17.0 Å². The van der Waals surface area contributed by atoms with Gasteiger partial charge in [-0.15, -0.1) is 16.4 Å². The molecule has 2 aromatic heterocycles. The molecule has 5 rings (SSSR count). The van der Waals surface area contributed by atoms with Gasteiger partial charge >= 0.3 is 0 Å². The molecule has 0 aliphatic carbocycles. The van der Waals surface area contributed by atoms with E-state index in [1.165, 1.54) is 6.33 Å². The Morgan fingerprint density at radius 2 is 1.92 bits per heavy atom. The maximum Gasteiger partial charge on any atom is 0.251 e. The summed E-state index contributed by atoms with van der Waals surface area (Å²) in [4.78, 5) is 31.1. The number of tetrazole rings is 1. The van der Waals surface area contributed by atoms with Gasteiger partial charge in [0.25, 0.3) is 5.91 Å². The number of aromatic nitrogens is 5. The van der Waals surface area contributed by atoms with Crippen molar-refractivity contribution in [1.29, 1.82) is 0 Å². The Bertz CT molecular complexity index is 1570. The fourth-order valence-corrected chi connectivity index (χ4v) is 5.46. The fourth-order valence-electron chi connectivity index (χ4n) is 4.39. The highest BCUT2D eigenvalue weighted by atomic mass is 35.5. The average Bonchev–Trinajstić information content (AvgIpc) is 3.57. The number of Topliss-reactive ketones (excluding diaryl/α,β-unsaturated/α-hetero) is 1. The van der Waals surface area contributed by atoms with Gasteiger partial charge in [-0.3, -0.25) is 9.59 Å². The summed E-state index contributed by atoms with van der Waals surface area (Å²) in [5.41, 5.74) is 4.11. The first-order valence-corrected chi connectivity index (χ1v) is 13.4. The van der Waals surface area contributed by atoms with Crippen molar-refractivity contribution >= 4 is 44.8 Å². The molecule has 0 unspecified atom stereocenters. The van der Waals surface area contributed by atoms with Crippen LogP contribution in [0.3, 0.4) is 0 Å². The Morgan fingerprint density at radius 3 is 2.71 bits per heavy atom. The molecule has 38 heavy (non-hydrogen) atoms. The molecule has 0 aliphatic heterocycles. The van der Waals surface area contributed by atoms with Crippen LogP contribution in [0.25, 0.3) is 15.9 Å². The topological polar surface area (TPSA) is 103 Å². The van der Waals surface area contributed by atoms with Gasteiger partial charge in [-0.2, -0.15) is 0 Å². The van der Waals surface area contributed by atoms with Crippen LogP contribution < -0.4 is 5.32 Å². The van der Waals surface area contributed by atoms with Gasteiger partial charge < -0.3 is 5.32 Å². The highest BCUT2D eigenvalue weighted by Crippen LogP contribution is 2.23. The number of nitrogens with zero attached hydrogens (tertiary/aromatic N) is 5. The van der Waals surface area contributed by atoms with Crippen LogP contribution in [0.15, 0.2) is 73.1 Å². The van der Waals surface area contributed by atoms with Gasteiger partial charge in [-0.05, 0) is 84.1 Å². The lowest BCUT2D eigenvalue weighted by molar-refractivity contribution is -0.121. The van der Waals surface area contributed by atoms with Crippen LogP contribution in [0.5, 0.6) is 0 Å². The molecule has 0 spiro atoms. The number of fused-ring (bicyclic) bond motifs is 1. The number of aryl methyl sites for hydroxylation is 2. The van der Waals surface area contributed by atoms with Crippen molar-refractivity contribution in [3.8, 4) is 5.69 Å². The molecule has 1 amide bonds. The second-order valence-corrected chi connectivity index (χ2v) is 10.6. The lowest BCUT2D eigenvalue weighted by Gasteiger charge is -2.18. The molecule has 0 radical (unpaired) electrons. The summed E-state index contributed by atoms with van der Waals surface area (Å²) in [6, 6.07) is 20.0. The van der Waals surface area contributed by atoms with Crippen LogP contribution in [0.2, 0.25) is 5.02 Å². The van der Waals surface area contributed by atoms with Crippen LogP contribution in [-0.2, 0) is 17.6 Å². The average molecular weight is 545 g/mol. The summed E-state index contributed by atoms with van der Waals surface area (Å²) >= 11 is 7.78. The molecule has 2 heterocycles. The van der Waals surface area contributed by atoms with Crippen molar-refractivity contribution in [2.75, 3.05) is 0 Å². The highest BCUT2D eigenvalue weighted by Gasteiger charge is 2.22. The molecule has 0 aliphatic rings. The van der Waals surface area contributed by atoms with E-state index in [0.29, 0.717) is 36.3 Å². The second-order valence-electron chi connectivity index (χ2n) is 8.98. The number of rotatable bonds is 10. The minimum Gasteiger partial charge on any atom is -0.342 e. The number of carbonyl (C=O) groups excluding carboxylic acids is 2. The Kier molecular flexibility index (Phi) is 7.86. The summed E-state index contributed by atoms with van der Waals surface area (Å²) in [5.74, 6) is -0.300.